The number of carbonyl (C=O) groups excluding carboxylic acids is 2. The Morgan fingerprint density at radius 3 is 1.70 bits per heavy atom. The molecule has 0 saturated heterocycles. The predicted octanol–water partition coefficient (Wildman–Crippen LogP) is 8.64. The van der Waals surface area contributed by atoms with Crippen LogP contribution in [0.2, 0.25) is 0 Å². The molecule has 0 spiro atoms. The molecule has 0 saturated carbocycles. The molecule has 0 aliphatic carbocycles. The summed E-state index contributed by atoms with van der Waals surface area (Å²) in [5, 5.41) is 0. The van der Waals surface area contributed by atoms with Gasteiger partial charge < -0.3 is 9.47 Å². The summed E-state index contributed by atoms with van der Waals surface area (Å²) in [5.74, 6) is -0.156. The number of hydrogen-bond acceptors (Lipinski definition) is 4. The molecule has 0 bridgehead atoms. The first kappa shape index (κ1) is 31.4. The molecule has 0 fully saturated rings. The second kappa shape index (κ2) is 23.6. The van der Waals surface area contributed by atoms with Crippen molar-refractivity contribution in [1.82, 2.24) is 0 Å². The molecule has 4 heteroatoms. The fourth-order valence-electron chi connectivity index (χ4n) is 3.60. The van der Waals surface area contributed by atoms with Crippen LogP contribution in [-0.2, 0) is 19.1 Å². The maximum atomic E-state index is 11.8. The van der Waals surface area contributed by atoms with Gasteiger partial charge in [-0.25, -0.2) is 0 Å². The first-order valence-electron chi connectivity index (χ1n) is 13.6. The van der Waals surface area contributed by atoms with E-state index in [1.165, 1.54) is 43.3 Å². The second-order valence-electron chi connectivity index (χ2n) is 9.52. The van der Waals surface area contributed by atoms with Crippen molar-refractivity contribution in [3.05, 3.63) is 23.3 Å². The Labute approximate surface area is 204 Å². The highest BCUT2D eigenvalue weighted by atomic mass is 16.5. The minimum Gasteiger partial charge on any atom is -0.466 e. The molecule has 4 nitrogen and oxygen atoms in total. The van der Waals surface area contributed by atoms with Gasteiger partial charge >= 0.3 is 11.9 Å². The fraction of sp³-hybridized carbons (Fsp3) is 0.793. The third-order valence-electron chi connectivity index (χ3n) is 5.79. The number of ether oxygens (including phenoxy) is 2. The van der Waals surface area contributed by atoms with Crippen LogP contribution in [0, 0.1) is 0 Å². The van der Waals surface area contributed by atoms with Crippen molar-refractivity contribution in [2.45, 2.75) is 137 Å². The highest BCUT2D eigenvalue weighted by Gasteiger charge is 2.04. The van der Waals surface area contributed by atoms with Crippen molar-refractivity contribution in [2.75, 3.05) is 13.2 Å². The minimum absolute atomic E-state index is 0.0510. The van der Waals surface area contributed by atoms with Crippen LogP contribution in [0.3, 0.4) is 0 Å². The zero-order chi connectivity index (χ0) is 24.6. The summed E-state index contributed by atoms with van der Waals surface area (Å²) in [6.07, 6.45) is 22.0. The van der Waals surface area contributed by atoms with Gasteiger partial charge in [0.05, 0.1) is 6.61 Å². The van der Waals surface area contributed by atoms with Crippen molar-refractivity contribution in [3.8, 4) is 0 Å². The molecule has 0 heterocycles. The van der Waals surface area contributed by atoms with Gasteiger partial charge in [0.25, 0.3) is 0 Å². The van der Waals surface area contributed by atoms with Gasteiger partial charge in [0.15, 0.2) is 0 Å². The van der Waals surface area contributed by atoms with Gasteiger partial charge in [0.2, 0.25) is 0 Å². The van der Waals surface area contributed by atoms with Crippen molar-refractivity contribution in [2.24, 2.45) is 0 Å². The van der Waals surface area contributed by atoms with E-state index >= 15 is 0 Å². The molecule has 0 atom stereocenters. The van der Waals surface area contributed by atoms with Crippen LogP contribution < -0.4 is 0 Å². The number of hydrogen-bond donors (Lipinski definition) is 0. The van der Waals surface area contributed by atoms with E-state index < -0.39 is 0 Å². The van der Waals surface area contributed by atoms with Crippen LogP contribution in [0.25, 0.3) is 0 Å². The molecule has 0 amide bonds. The van der Waals surface area contributed by atoms with Crippen LogP contribution in [0.4, 0.5) is 0 Å². The smallest absolute Gasteiger partial charge is 0.306 e. The molecule has 33 heavy (non-hydrogen) atoms. The van der Waals surface area contributed by atoms with E-state index in [1.54, 1.807) is 0 Å². The SMILES string of the molecule is CCCCCCCCCOC(=O)CCCCCCCCC(=O)OC/C=C(\C)CCC=C(C)C. The van der Waals surface area contributed by atoms with Crippen molar-refractivity contribution < 1.29 is 19.1 Å². The molecular formula is C29H52O4. The Kier molecular flexibility index (Phi) is 22.4. The van der Waals surface area contributed by atoms with E-state index in [2.05, 4.69) is 33.8 Å². The minimum atomic E-state index is -0.105. The normalized spacial score (nSPS) is 11.3. The van der Waals surface area contributed by atoms with Crippen LogP contribution >= 0.6 is 0 Å². The molecule has 0 aromatic heterocycles. The summed E-state index contributed by atoms with van der Waals surface area (Å²) in [5.41, 5.74) is 2.60. The van der Waals surface area contributed by atoms with Crippen molar-refractivity contribution in [1.29, 1.82) is 0 Å². The average Bonchev–Trinajstić information content (AvgIpc) is 2.77. The van der Waals surface area contributed by atoms with Gasteiger partial charge in [0, 0.05) is 12.8 Å². The van der Waals surface area contributed by atoms with Crippen LogP contribution in [0.1, 0.15) is 137 Å². The van der Waals surface area contributed by atoms with E-state index in [-0.39, 0.29) is 11.9 Å². The first-order valence-corrected chi connectivity index (χ1v) is 13.6. The van der Waals surface area contributed by atoms with Crippen molar-refractivity contribution in [3.63, 3.8) is 0 Å². The maximum absolute atomic E-state index is 11.8. The Bertz CT molecular complexity index is 544. The van der Waals surface area contributed by atoms with Gasteiger partial charge in [-0.2, -0.15) is 0 Å². The van der Waals surface area contributed by atoms with Gasteiger partial charge in [0.1, 0.15) is 6.61 Å². The van der Waals surface area contributed by atoms with E-state index in [1.807, 2.05) is 6.08 Å². The van der Waals surface area contributed by atoms with Gasteiger partial charge in [-0.15, -0.1) is 0 Å². The molecule has 0 aromatic carbocycles. The quantitative estimate of drug-likeness (QED) is 0.0913. The van der Waals surface area contributed by atoms with Crippen molar-refractivity contribution >= 4 is 11.9 Å². The Balaban J connectivity index is 3.44. The number of carbonyl (C=O) groups is 2. The number of esters is 2. The van der Waals surface area contributed by atoms with E-state index in [9.17, 15) is 9.59 Å². The third-order valence-corrected chi connectivity index (χ3v) is 5.79. The zero-order valence-corrected chi connectivity index (χ0v) is 22.2. The Hall–Kier alpha value is -1.58. The monoisotopic (exact) mass is 464 g/mol. The molecule has 192 valence electrons. The topological polar surface area (TPSA) is 52.6 Å². The summed E-state index contributed by atoms with van der Waals surface area (Å²) < 4.78 is 10.6. The lowest BCUT2D eigenvalue weighted by Gasteiger charge is -2.05. The Morgan fingerprint density at radius 1 is 0.606 bits per heavy atom. The summed E-state index contributed by atoms with van der Waals surface area (Å²) >= 11 is 0. The molecule has 0 aliphatic rings. The number of unbranched alkanes of at least 4 members (excludes halogenated alkanes) is 11. The highest BCUT2D eigenvalue weighted by Crippen LogP contribution is 2.11. The van der Waals surface area contributed by atoms with Gasteiger partial charge in [-0.1, -0.05) is 88.4 Å². The van der Waals surface area contributed by atoms with Gasteiger partial charge in [-0.3, -0.25) is 9.59 Å². The van der Waals surface area contributed by atoms with Crippen LogP contribution in [0.5, 0.6) is 0 Å². The molecule has 0 unspecified atom stereocenters. The molecule has 0 radical (unpaired) electrons. The van der Waals surface area contributed by atoms with E-state index in [4.69, 9.17) is 9.47 Å². The number of allylic oxidation sites excluding steroid dienone is 3. The lowest BCUT2D eigenvalue weighted by Crippen LogP contribution is -2.05. The molecular weight excluding hydrogens is 412 g/mol. The summed E-state index contributed by atoms with van der Waals surface area (Å²) in [4.78, 5) is 23.6. The summed E-state index contributed by atoms with van der Waals surface area (Å²) in [6, 6.07) is 0. The zero-order valence-electron chi connectivity index (χ0n) is 22.2. The third kappa shape index (κ3) is 24.9. The van der Waals surface area contributed by atoms with Gasteiger partial charge in [-0.05, 0) is 59.0 Å². The Morgan fingerprint density at radius 2 is 1.12 bits per heavy atom. The second-order valence-corrected chi connectivity index (χ2v) is 9.52. The average molecular weight is 465 g/mol. The van der Waals surface area contributed by atoms with Crippen LogP contribution in [-0.4, -0.2) is 25.2 Å². The first-order chi connectivity index (χ1) is 16.0. The summed E-state index contributed by atoms with van der Waals surface area (Å²) in [7, 11) is 0. The lowest BCUT2D eigenvalue weighted by molar-refractivity contribution is -0.144. The van der Waals surface area contributed by atoms with E-state index in [0.29, 0.717) is 26.1 Å². The highest BCUT2D eigenvalue weighted by molar-refractivity contribution is 5.69. The standard InChI is InChI=1S/C29H52O4/c1-5-6-7-8-11-14-17-24-32-28(30)21-15-12-9-10-13-16-22-29(31)33-25-23-27(4)20-18-19-26(2)3/h19,23H,5-18,20-22,24-25H2,1-4H3/b27-23+. The molecule has 0 aliphatic heterocycles. The largest absolute Gasteiger partial charge is 0.466 e. The maximum Gasteiger partial charge on any atom is 0.306 e. The summed E-state index contributed by atoms with van der Waals surface area (Å²) in [6.45, 7) is 9.49. The van der Waals surface area contributed by atoms with Crippen LogP contribution in [0.15, 0.2) is 23.3 Å². The van der Waals surface area contributed by atoms with E-state index in [0.717, 1.165) is 64.2 Å². The molecule has 0 aromatic rings. The predicted molar refractivity (Wildman–Crippen MR) is 139 cm³/mol. The lowest BCUT2D eigenvalue weighted by atomic mass is 10.1. The number of rotatable bonds is 22. The molecule has 0 rings (SSSR count). The fourth-order valence-corrected chi connectivity index (χ4v) is 3.60. The molecule has 0 N–H and O–H groups in total.